The second kappa shape index (κ2) is 6.78. The van der Waals surface area contributed by atoms with Crippen molar-refractivity contribution in [3.8, 4) is 5.75 Å². The van der Waals surface area contributed by atoms with Crippen molar-refractivity contribution in [2.75, 3.05) is 11.5 Å². The summed E-state index contributed by atoms with van der Waals surface area (Å²) in [5, 5.41) is 10.7. The number of ether oxygens (including phenoxy) is 1. The molecule has 0 spiro atoms. The van der Waals surface area contributed by atoms with Crippen molar-refractivity contribution in [2.45, 2.75) is 18.3 Å². The Kier molecular flexibility index (Phi) is 4.06. The standard InChI is InChI=1S/C27H21NO5/c1-2-33-20-14-8-7-13-19(20)28-24(29)22-21-15-9-3-5-11-17(15)27(26(31)32,23(22)25(28)30)18-12-6-4-10-16(18)21/h3-14,21-23H,2H2,1H3,(H,31,32)/t21?,22-,23+,27?/m0/s1. The molecular formula is C27H21NO5. The summed E-state index contributed by atoms with van der Waals surface area (Å²) in [6, 6.07) is 21.6. The predicted octanol–water partition coefficient (Wildman–Crippen LogP) is 3.72. The van der Waals surface area contributed by atoms with Gasteiger partial charge in [0, 0.05) is 5.92 Å². The molecule has 3 aromatic carbocycles. The lowest BCUT2D eigenvalue weighted by Gasteiger charge is -2.51. The van der Waals surface area contributed by atoms with Gasteiger partial charge in [-0.1, -0.05) is 60.7 Å². The van der Waals surface area contributed by atoms with Crippen LogP contribution in [0.1, 0.15) is 35.1 Å². The molecule has 3 aliphatic carbocycles. The number of benzene rings is 3. The fraction of sp³-hybridized carbons (Fsp3) is 0.222. The Labute approximate surface area is 190 Å². The summed E-state index contributed by atoms with van der Waals surface area (Å²) in [6.07, 6.45) is 0. The molecule has 1 N–H and O–H groups in total. The van der Waals surface area contributed by atoms with Crippen molar-refractivity contribution in [3.05, 3.63) is 95.1 Å². The Balaban J connectivity index is 1.64. The van der Waals surface area contributed by atoms with Crippen molar-refractivity contribution in [1.82, 2.24) is 0 Å². The molecule has 4 aliphatic rings. The van der Waals surface area contributed by atoms with E-state index in [1.54, 1.807) is 48.5 Å². The van der Waals surface area contributed by atoms with Gasteiger partial charge in [0.05, 0.1) is 24.1 Å². The number of carbonyl (C=O) groups excluding carboxylic acids is 2. The van der Waals surface area contributed by atoms with Gasteiger partial charge >= 0.3 is 5.97 Å². The third kappa shape index (κ3) is 2.25. The minimum Gasteiger partial charge on any atom is -0.492 e. The molecule has 2 atom stereocenters. The lowest BCUT2D eigenvalue weighted by Crippen LogP contribution is -2.57. The van der Waals surface area contributed by atoms with E-state index in [0.29, 0.717) is 29.2 Å². The average Bonchev–Trinajstić information content (AvgIpc) is 3.10. The number of imide groups is 1. The van der Waals surface area contributed by atoms with E-state index in [-0.39, 0.29) is 11.8 Å². The number of hydrogen-bond donors (Lipinski definition) is 1. The molecule has 0 unspecified atom stereocenters. The van der Waals surface area contributed by atoms with Gasteiger partial charge in [-0.3, -0.25) is 14.4 Å². The van der Waals surface area contributed by atoms with Crippen LogP contribution in [0.15, 0.2) is 72.8 Å². The topological polar surface area (TPSA) is 83.9 Å². The smallest absolute Gasteiger partial charge is 0.319 e. The summed E-state index contributed by atoms with van der Waals surface area (Å²) in [4.78, 5) is 42.3. The van der Waals surface area contributed by atoms with Crippen molar-refractivity contribution >= 4 is 23.5 Å². The first-order chi connectivity index (χ1) is 16.0. The van der Waals surface area contributed by atoms with Gasteiger partial charge in [0.15, 0.2) is 0 Å². The van der Waals surface area contributed by atoms with Crippen molar-refractivity contribution in [2.24, 2.45) is 11.8 Å². The van der Waals surface area contributed by atoms with Gasteiger partial charge in [-0.2, -0.15) is 0 Å². The normalized spacial score (nSPS) is 26.6. The first-order valence-electron chi connectivity index (χ1n) is 11.0. The Bertz CT molecular complexity index is 1300. The molecule has 0 saturated carbocycles. The zero-order chi connectivity index (χ0) is 22.9. The van der Waals surface area contributed by atoms with Crippen LogP contribution in [0, 0.1) is 11.8 Å². The number of carbonyl (C=O) groups is 3. The predicted molar refractivity (Wildman–Crippen MR) is 120 cm³/mol. The number of anilines is 1. The molecule has 164 valence electrons. The van der Waals surface area contributed by atoms with E-state index in [0.717, 1.165) is 16.0 Å². The number of carboxylic acid groups (broad SMARTS) is 1. The molecule has 1 saturated heterocycles. The second-order valence-electron chi connectivity index (χ2n) is 8.68. The quantitative estimate of drug-likeness (QED) is 0.627. The second-order valence-corrected chi connectivity index (χ2v) is 8.68. The zero-order valence-corrected chi connectivity index (χ0v) is 17.9. The van der Waals surface area contributed by atoms with Crippen LogP contribution in [0.25, 0.3) is 0 Å². The Morgan fingerprint density at radius 1 is 0.909 bits per heavy atom. The molecule has 2 bridgehead atoms. The zero-order valence-electron chi connectivity index (χ0n) is 17.9. The highest BCUT2D eigenvalue weighted by Gasteiger charge is 2.71. The Morgan fingerprint density at radius 3 is 2.09 bits per heavy atom. The SMILES string of the molecule is CCOc1ccccc1N1C(=O)[C@H]2C3c4ccccc4C(C(=O)O)(c4ccccc43)[C@H]2C1=O. The molecule has 6 nitrogen and oxygen atoms in total. The van der Waals surface area contributed by atoms with Gasteiger partial charge in [-0.05, 0) is 41.3 Å². The third-order valence-corrected chi connectivity index (χ3v) is 7.36. The molecular weight excluding hydrogens is 418 g/mol. The minimum absolute atomic E-state index is 0.358. The highest BCUT2D eigenvalue weighted by molar-refractivity contribution is 6.25. The van der Waals surface area contributed by atoms with Crippen LogP contribution in [-0.4, -0.2) is 29.5 Å². The monoisotopic (exact) mass is 439 g/mol. The first-order valence-corrected chi connectivity index (χ1v) is 11.0. The number of rotatable bonds is 4. The van der Waals surface area contributed by atoms with Crippen LogP contribution in [0.3, 0.4) is 0 Å². The molecule has 2 amide bonds. The molecule has 33 heavy (non-hydrogen) atoms. The number of hydrogen-bond acceptors (Lipinski definition) is 4. The van der Waals surface area contributed by atoms with Gasteiger partial charge in [-0.25, -0.2) is 4.90 Å². The molecule has 1 fully saturated rings. The Hall–Kier alpha value is -3.93. The van der Waals surface area contributed by atoms with E-state index >= 15 is 0 Å². The van der Waals surface area contributed by atoms with Crippen LogP contribution < -0.4 is 9.64 Å². The molecule has 6 heteroatoms. The lowest BCUT2D eigenvalue weighted by atomic mass is 9.47. The number of aliphatic carboxylic acids is 1. The van der Waals surface area contributed by atoms with E-state index in [1.165, 1.54) is 0 Å². The number of amides is 2. The maximum Gasteiger partial charge on any atom is 0.319 e. The van der Waals surface area contributed by atoms with E-state index in [1.807, 2.05) is 31.2 Å². The summed E-state index contributed by atoms with van der Waals surface area (Å²) in [5.41, 5.74) is 1.54. The fourth-order valence-corrected chi connectivity index (χ4v) is 6.29. The summed E-state index contributed by atoms with van der Waals surface area (Å²) >= 11 is 0. The molecule has 1 aliphatic heterocycles. The average molecular weight is 439 g/mol. The Morgan fingerprint density at radius 2 is 1.48 bits per heavy atom. The molecule has 7 rings (SSSR count). The van der Waals surface area contributed by atoms with Crippen LogP contribution >= 0.6 is 0 Å². The van der Waals surface area contributed by atoms with Crippen LogP contribution in [-0.2, 0) is 19.8 Å². The van der Waals surface area contributed by atoms with Gasteiger partial charge in [-0.15, -0.1) is 0 Å². The fourth-order valence-electron chi connectivity index (χ4n) is 6.29. The first kappa shape index (κ1) is 19.7. The summed E-state index contributed by atoms with van der Waals surface area (Å²) in [7, 11) is 0. The van der Waals surface area contributed by atoms with E-state index < -0.39 is 29.1 Å². The van der Waals surface area contributed by atoms with Crippen LogP contribution in [0.2, 0.25) is 0 Å². The molecule has 0 aromatic heterocycles. The highest BCUT2D eigenvalue weighted by atomic mass is 16.5. The maximum atomic E-state index is 14.0. The van der Waals surface area contributed by atoms with Gasteiger partial charge < -0.3 is 9.84 Å². The van der Waals surface area contributed by atoms with Crippen molar-refractivity contribution in [1.29, 1.82) is 0 Å². The minimum atomic E-state index is -1.63. The van der Waals surface area contributed by atoms with Gasteiger partial charge in [0.25, 0.3) is 0 Å². The highest BCUT2D eigenvalue weighted by Crippen LogP contribution is 2.64. The van der Waals surface area contributed by atoms with Crippen LogP contribution in [0.5, 0.6) is 5.75 Å². The largest absolute Gasteiger partial charge is 0.492 e. The third-order valence-electron chi connectivity index (χ3n) is 7.36. The van der Waals surface area contributed by atoms with E-state index in [2.05, 4.69) is 0 Å². The van der Waals surface area contributed by atoms with Gasteiger partial charge in [0.2, 0.25) is 11.8 Å². The number of nitrogens with zero attached hydrogens (tertiary/aromatic N) is 1. The molecule has 0 radical (unpaired) electrons. The maximum absolute atomic E-state index is 14.0. The lowest BCUT2D eigenvalue weighted by molar-refractivity contribution is -0.149. The van der Waals surface area contributed by atoms with E-state index in [9.17, 15) is 19.5 Å². The van der Waals surface area contributed by atoms with Gasteiger partial charge in [0.1, 0.15) is 11.2 Å². The van der Waals surface area contributed by atoms with E-state index in [4.69, 9.17) is 4.74 Å². The summed E-state index contributed by atoms with van der Waals surface area (Å²) in [5.74, 6) is -3.78. The number of para-hydroxylation sites is 2. The molecule has 1 heterocycles. The molecule has 3 aromatic rings. The van der Waals surface area contributed by atoms with Crippen LogP contribution in [0.4, 0.5) is 5.69 Å². The van der Waals surface area contributed by atoms with Crippen molar-refractivity contribution < 1.29 is 24.2 Å². The summed E-state index contributed by atoms with van der Waals surface area (Å²) in [6.45, 7) is 2.20. The number of carboxylic acids is 1. The summed E-state index contributed by atoms with van der Waals surface area (Å²) < 4.78 is 5.70. The van der Waals surface area contributed by atoms with Crippen molar-refractivity contribution in [3.63, 3.8) is 0 Å².